The lowest BCUT2D eigenvalue weighted by atomic mass is 9.49. The van der Waals surface area contributed by atoms with E-state index >= 15 is 4.39 Å². The quantitative estimate of drug-likeness (QED) is 0.112. The normalized spacial score (nSPS) is 23.8. The molecule has 3 aromatic carbocycles. The van der Waals surface area contributed by atoms with Gasteiger partial charge >= 0.3 is 0 Å². The van der Waals surface area contributed by atoms with E-state index in [1.165, 1.54) is 18.2 Å². The number of nitrogens with zero attached hydrogens (tertiary/aromatic N) is 3. The highest BCUT2D eigenvalue weighted by Gasteiger charge is 2.64. The number of aromatic nitrogens is 1. The van der Waals surface area contributed by atoms with E-state index in [1.807, 2.05) is 24.3 Å². The van der Waals surface area contributed by atoms with Gasteiger partial charge in [-0.05, 0) is 93.6 Å². The minimum absolute atomic E-state index is 0.0655. The van der Waals surface area contributed by atoms with Crippen molar-refractivity contribution in [3.63, 3.8) is 0 Å². The summed E-state index contributed by atoms with van der Waals surface area (Å²) in [6.45, 7) is 15.6. The predicted molar refractivity (Wildman–Crippen MR) is 243 cm³/mol. The molecule has 1 aromatic heterocycles. The maximum absolute atomic E-state index is 15.0. The van der Waals surface area contributed by atoms with Crippen LogP contribution in [0.4, 0.5) is 10.1 Å². The number of fused-ring (bicyclic) bond motifs is 1. The van der Waals surface area contributed by atoms with E-state index in [0.717, 1.165) is 51.0 Å². The van der Waals surface area contributed by atoms with Crippen molar-refractivity contribution in [1.82, 2.24) is 25.8 Å². The Kier molecular flexibility index (Phi) is 12.5. The zero-order valence-electron chi connectivity index (χ0n) is 37.8. The highest BCUT2D eigenvalue weighted by atomic mass is 19.1. The number of piperidine rings is 2. The molecule has 3 heterocycles. The van der Waals surface area contributed by atoms with Crippen molar-refractivity contribution in [2.24, 2.45) is 16.7 Å². The number of imide groups is 1. The molecular weight excluding hydrogens is 830 g/mol. The molecule has 2 aliphatic carbocycles. The molecule has 0 spiro atoms. The largest absolute Gasteiger partial charge is 0.490 e. The molecule has 1 atom stereocenters. The van der Waals surface area contributed by atoms with Gasteiger partial charge in [-0.25, -0.2) is 4.39 Å². The minimum atomic E-state index is -0.890. The van der Waals surface area contributed by atoms with Crippen LogP contribution in [0, 0.1) is 33.9 Å². The van der Waals surface area contributed by atoms with Gasteiger partial charge in [0.1, 0.15) is 41.6 Å². The van der Waals surface area contributed by atoms with Crippen molar-refractivity contribution in [2.45, 2.75) is 116 Å². The van der Waals surface area contributed by atoms with Crippen LogP contribution >= 0.6 is 0 Å². The van der Waals surface area contributed by atoms with E-state index in [-0.39, 0.29) is 48.1 Å². The monoisotopic (exact) mass is 887 g/mol. The Balaban J connectivity index is 0.792. The Labute approximate surface area is 378 Å². The van der Waals surface area contributed by atoms with Crippen molar-refractivity contribution in [3.05, 3.63) is 99.6 Å². The third-order valence-electron chi connectivity index (χ3n) is 14.1. The lowest BCUT2D eigenvalue weighted by Crippen LogP contribution is -2.74. The average Bonchev–Trinajstić information content (AvgIpc) is 3.25. The smallest absolute Gasteiger partial charge is 0.254 e. The number of ether oxygens (including phenoxy) is 2. The Morgan fingerprint density at radius 1 is 0.908 bits per heavy atom. The molecule has 0 radical (unpaired) electrons. The summed E-state index contributed by atoms with van der Waals surface area (Å²) in [6.07, 6.45) is 3.69. The second-order valence-corrected chi connectivity index (χ2v) is 19.6. The number of rotatable bonds is 13. The summed E-state index contributed by atoms with van der Waals surface area (Å²) in [5, 5.41) is 18.2. The first-order valence-corrected chi connectivity index (χ1v) is 22.7. The third kappa shape index (κ3) is 9.18. The SMILES string of the molecule is CC(C)N(CC1CCN(c2ccc(C(=O)NC3C(C)(C)C(Oc4ccc(C#N)c5[nH]c(=O)ccc45)C3(C)C)cc2)CC1)C1CC(Oc2ccc(C(=O)NC3CCC(=O)NC3=O)c(F)c2)C1. The second kappa shape index (κ2) is 18.0. The van der Waals surface area contributed by atoms with Crippen LogP contribution in [0.2, 0.25) is 0 Å². The van der Waals surface area contributed by atoms with Crippen molar-refractivity contribution in [2.75, 3.05) is 24.5 Å². The van der Waals surface area contributed by atoms with Crippen molar-refractivity contribution in [1.29, 1.82) is 5.26 Å². The van der Waals surface area contributed by atoms with Gasteiger partial charge in [-0.3, -0.25) is 34.2 Å². The molecule has 4 fully saturated rings. The molecule has 342 valence electrons. The predicted octanol–water partition coefficient (Wildman–Crippen LogP) is 6.22. The average molecular weight is 888 g/mol. The molecule has 4 N–H and O–H groups in total. The van der Waals surface area contributed by atoms with Gasteiger partial charge in [0.2, 0.25) is 17.4 Å². The molecule has 2 saturated carbocycles. The van der Waals surface area contributed by atoms with E-state index in [1.54, 1.807) is 24.3 Å². The lowest BCUT2D eigenvalue weighted by molar-refractivity contribution is -0.163. The Morgan fingerprint density at radius 2 is 1.62 bits per heavy atom. The van der Waals surface area contributed by atoms with E-state index in [0.29, 0.717) is 51.5 Å². The zero-order chi connectivity index (χ0) is 46.4. The molecule has 15 heteroatoms. The molecule has 14 nitrogen and oxygen atoms in total. The Hall–Kier alpha value is -6.27. The lowest BCUT2D eigenvalue weighted by Gasteiger charge is -2.63. The summed E-state index contributed by atoms with van der Waals surface area (Å²) in [5.41, 5.74) is 1.16. The van der Waals surface area contributed by atoms with Crippen molar-refractivity contribution >= 4 is 40.2 Å². The van der Waals surface area contributed by atoms with E-state index in [9.17, 15) is 29.2 Å². The van der Waals surface area contributed by atoms with Crippen molar-refractivity contribution in [3.8, 4) is 17.6 Å². The van der Waals surface area contributed by atoms with Gasteiger partial charge in [-0.1, -0.05) is 27.7 Å². The van der Waals surface area contributed by atoms with Gasteiger partial charge in [0.25, 0.3) is 11.8 Å². The highest BCUT2D eigenvalue weighted by Crippen LogP contribution is 2.56. The van der Waals surface area contributed by atoms with Crippen LogP contribution in [0.5, 0.6) is 11.5 Å². The van der Waals surface area contributed by atoms with Crippen LogP contribution in [0.15, 0.2) is 71.5 Å². The number of pyridine rings is 1. The van der Waals surface area contributed by atoms with E-state index in [4.69, 9.17) is 9.47 Å². The summed E-state index contributed by atoms with van der Waals surface area (Å²) in [6, 6.07) is 20.3. The summed E-state index contributed by atoms with van der Waals surface area (Å²) < 4.78 is 27.8. The Bertz CT molecular complexity index is 2570. The van der Waals surface area contributed by atoms with Gasteiger partial charge < -0.3 is 30.0 Å². The molecule has 1 unspecified atom stereocenters. The summed E-state index contributed by atoms with van der Waals surface area (Å²) in [4.78, 5) is 69.6. The first-order valence-electron chi connectivity index (χ1n) is 22.7. The molecule has 65 heavy (non-hydrogen) atoms. The maximum atomic E-state index is 15.0. The number of benzene rings is 3. The van der Waals surface area contributed by atoms with Gasteiger partial charge in [-0.2, -0.15) is 5.26 Å². The fraction of sp³-hybridized carbons (Fsp3) is 0.480. The van der Waals surface area contributed by atoms with Gasteiger partial charge in [0.15, 0.2) is 0 Å². The van der Waals surface area contributed by atoms with E-state index < -0.39 is 40.4 Å². The second-order valence-electron chi connectivity index (χ2n) is 19.6. The van der Waals surface area contributed by atoms with Crippen LogP contribution in [0.1, 0.15) is 106 Å². The molecule has 2 saturated heterocycles. The van der Waals surface area contributed by atoms with Crippen LogP contribution in [0.25, 0.3) is 10.9 Å². The fourth-order valence-corrected chi connectivity index (χ4v) is 10.8. The topological polar surface area (TPSA) is 186 Å². The number of nitriles is 1. The number of anilines is 1. The first-order chi connectivity index (χ1) is 30.9. The molecule has 4 aromatic rings. The summed E-state index contributed by atoms with van der Waals surface area (Å²) in [5.74, 6) is -1.13. The number of halogens is 1. The molecule has 4 amide bonds. The van der Waals surface area contributed by atoms with Crippen LogP contribution in [-0.4, -0.2) is 89.5 Å². The van der Waals surface area contributed by atoms with Gasteiger partial charge in [0.05, 0.1) is 16.6 Å². The number of hydrogen-bond acceptors (Lipinski definition) is 10. The number of amides is 4. The number of hydrogen-bond donors (Lipinski definition) is 4. The van der Waals surface area contributed by atoms with Crippen molar-refractivity contribution < 1.29 is 33.0 Å². The highest BCUT2D eigenvalue weighted by molar-refractivity contribution is 6.04. The number of carbonyl (C=O) groups excluding carboxylic acids is 4. The third-order valence-corrected chi connectivity index (χ3v) is 14.1. The van der Waals surface area contributed by atoms with Crippen LogP contribution in [-0.2, 0) is 9.59 Å². The number of H-pyrrole nitrogens is 1. The summed E-state index contributed by atoms with van der Waals surface area (Å²) in [7, 11) is 0. The standard InChI is InChI=1S/C50H58FN7O7/c1-28(2)58(33-23-35(24-33)64-34-12-13-36(38(51)25-34)45(62)53-39-15-18-42(60)55-46(39)63)27-29-19-21-57(22-20-29)32-10-7-30(8-11-32)44(61)56-47-49(3,4)48(50(47,5)6)65-40-16-9-31(26-52)43-37(40)14-17-41(59)54-43/h7-14,16-17,25,28-29,33,35,39,47-48H,15,18-24,27H2,1-6H3,(H,53,62)(H,54,59)(H,56,61)(H,55,60,63). The Morgan fingerprint density at radius 3 is 2.26 bits per heavy atom. The minimum Gasteiger partial charge on any atom is -0.490 e. The molecule has 2 aliphatic heterocycles. The van der Waals surface area contributed by atoms with Gasteiger partial charge in [-0.15, -0.1) is 0 Å². The zero-order valence-corrected chi connectivity index (χ0v) is 37.8. The fourth-order valence-electron chi connectivity index (χ4n) is 10.8. The first kappa shape index (κ1) is 45.3. The molecule has 0 bridgehead atoms. The summed E-state index contributed by atoms with van der Waals surface area (Å²) >= 11 is 0. The number of nitrogens with one attached hydrogen (secondary N) is 4. The van der Waals surface area contributed by atoms with Gasteiger partial charge in [0, 0.05) is 96.6 Å². The number of aromatic amines is 1. The maximum Gasteiger partial charge on any atom is 0.254 e. The van der Waals surface area contributed by atoms with Crippen LogP contribution < -0.4 is 35.9 Å². The van der Waals surface area contributed by atoms with Crippen LogP contribution in [0.3, 0.4) is 0 Å². The molecular formula is C50H58FN7O7. The molecule has 8 rings (SSSR count). The molecule has 4 aliphatic rings. The van der Waals surface area contributed by atoms with E-state index in [2.05, 4.69) is 78.3 Å². The number of carbonyl (C=O) groups is 4.